The maximum Gasteiger partial charge on any atom is 0.254 e. The molecule has 1 fully saturated rings. The van der Waals surface area contributed by atoms with Crippen LogP contribution >= 0.6 is 0 Å². The summed E-state index contributed by atoms with van der Waals surface area (Å²) in [6, 6.07) is 4.28. The fourth-order valence-electron chi connectivity index (χ4n) is 2.86. The van der Waals surface area contributed by atoms with Gasteiger partial charge < -0.3 is 20.4 Å². The summed E-state index contributed by atoms with van der Waals surface area (Å²) in [5, 5.41) is 5.93. The van der Waals surface area contributed by atoms with Gasteiger partial charge >= 0.3 is 0 Å². The van der Waals surface area contributed by atoms with Gasteiger partial charge in [0, 0.05) is 32.4 Å². The van der Waals surface area contributed by atoms with Crippen molar-refractivity contribution in [3.63, 3.8) is 0 Å². The van der Waals surface area contributed by atoms with Gasteiger partial charge in [-0.05, 0) is 52.2 Å². The van der Waals surface area contributed by atoms with Crippen LogP contribution in [0.2, 0.25) is 0 Å². The molecule has 1 aliphatic rings. The van der Waals surface area contributed by atoms with E-state index in [-0.39, 0.29) is 5.91 Å². The zero-order valence-corrected chi connectivity index (χ0v) is 13.8. The van der Waals surface area contributed by atoms with Crippen LogP contribution in [-0.2, 0) is 0 Å². The molecule has 0 atom stereocenters. The Kier molecular flexibility index (Phi) is 6.15. The van der Waals surface area contributed by atoms with Crippen molar-refractivity contribution in [1.82, 2.24) is 20.1 Å². The van der Waals surface area contributed by atoms with E-state index >= 15 is 0 Å². The maximum absolute atomic E-state index is 11.8. The summed E-state index contributed by atoms with van der Waals surface area (Å²) >= 11 is 0. The third-order valence-corrected chi connectivity index (χ3v) is 4.29. The van der Waals surface area contributed by atoms with Gasteiger partial charge in [0.05, 0.1) is 5.56 Å². The zero-order valence-electron chi connectivity index (χ0n) is 13.8. The quantitative estimate of drug-likeness (QED) is 0.817. The highest BCUT2D eigenvalue weighted by molar-refractivity contribution is 5.98. The smallest absolute Gasteiger partial charge is 0.254 e. The van der Waals surface area contributed by atoms with Crippen LogP contribution in [-0.4, -0.2) is 74.1 Å². The lowest BCUT2D eigenvalue weighted by Gasteiger charge is -2.35. The molecule has 122 valence electrons. The Hall–Kier alpha value is -1.66. The fraction of sp³-hybridized carbons (Fsp3) is 0.625. The van der Waals surface area contributed by atoms with E-state index in [1.165, 1.54) is 12.8 Å². The highest BCUT2D eigenvalue weighted by Crippen LogP contribution is 2.14. The fourth-order valence-corrected chi connectivity index (χ4v) is 2.86. The molecule has 0 radical (unpaired) electrons. The first-order chi connectivity index (χ1) is 10.6. The van der Waals surface area contributed by atoms with Gasteiger partial charge in [-0.1, -0.05) is 0 Å². The molecular weight excluding hydrogens is 278 g/mol. The topological polar surface area (TPSA) is 60.5 Å². The SMILES string of the molecule is CNC(=O)c1cccnc1NCCN1CCC(N(C)C)CC1. The molecule has 0 spiro atoms. The number of carbonyl (C=O) groups excluding carboxylic acids is 1. The minimum atomic E-state index is -0.109. The molecule has 6 heteroatoms. The molecule has 2 rings (SSSR count). The van der Waals surface area contributed by atoms with Crippen LogP contribution < -0.4 is 10.6 Å². The number of carbonyl (C=O) groups is 1. The van der Waals surface area contributed by atoms with Crippen molar-refractivity contribution in [3.05, 3.63) is 23.9 Å². The summed E-state index contributed by atoms with van der Waals surface area (Å²) in [7, 11) is 5.94. The molecule has 6 nitrogen and oxygen atoms in total. The summed E-state index contributed by atoms with van der Waals surface area (Å²) in [4.78, 5) is 20.8. The molecule has 1 amide bonds. The second kappa shape index (κ2) is 8.10. The number of hydrogen-bond donors (Lipinski definition) is 2. The Bertz CT molecular complexity index is 483. The Labute approximate surface area is 132 Å². The molecule has 0 unspecified atom stereocenters. The van der Waals surface area contributed by atoms with Crippen LogP contribution in [0.4, 0.5) is 5.82 Å². The van der Waals surface area contributed by atoms with Crippen LogP contribution in [0.5, 0.6) is 0 Å². The van der Waals surface area contributed by atoms with Crippen molar-refractivity contribution < 1.29 is 4.79 Å². The van der Waals surface area contributed by atoms with Crippen molar-refractivity contribution in [1.29, 1.82) is 0 Å². The minimum absolute atomic E-state index is 0.109. The predicted octanol–water partition coefficient (Wildman–Crippen LogP) is 0.879. The van der Waals surface area contributed by atoms with Crippen LogP contribution in [0.3, 0.4) is 0 Å². The van der Waals surface area contributed by atoms with Gasteiger partial charge in [0.2, 0.25) is 0 Å². The molecule has 1 saturated heterocycles. The van der Waals surface area contributed by atoms with Gasteiger partial charge in [0.15, 0.2) is 0 Å². The average Bonchev–Trinajstić information content (AvgIpc) is 2.55. The zero-order chi connectivity index (χ0) is 15.9. The van der Waals surface area contributed by atoms with Gasteiger partial charge in [0.1, 0.15) is 5.82 Å². The van der Waals surface area contributed by atoms with E-state index in [0.717, 1.165) is 26.2 Å². The van der Waals surface area contributed by atoms with Crippen LogP contribution in [0, 0.1) is 0 Å². The summed E-state index contributed by atoms with van der Waals surface area (Å²) in [6.07, 6.45) is 4.15. The van der Waals surface area contributed by atoms with Crippen molar-refractivity contribution in [2.45, 2.75) is 18.9 Å². The normalized spacial score (nSPS) is 16.7. The molecule has 1 aromatic rings. The molecule has 0 bridgehead atoms. The summed E-state index contributed by atoms with van der Waals surface area (Å²) in [5.41, 5.74) is 0.594. The number of pyridine rings is 1. The Morgan fingerprint density at radius 2 is 2.14 bits per heavy atom. The van der Waals surface area contributed by atoms with E-state index in [0.29, 0.717) is 17.4 Å². The lowest BCUT2D eigenvalue weighted by Crippen LogP contribution is -2.43. The highest BCUT2D eigenvalue weighted by Gasteiger charge is 2.20. The van der Waals surface area contributed by atoms with Crippen molar-refractivity contribution in [3.8, 4) is 0 Å². The van der Waals surface area contributed by atoms with Crippen LogP contribution in [0.1, 0.15) is 23.2 Å². The van der Waals surface area contributed by atoms with E-state index in [1.807, 2.05) is 0 Å². The van der Waals surface area contributed by atoms with E-state index in [4.69, 9.17) is 0 Å². The summed E-state index contributed by atoms with van der Waals surface area (Å²) in [5.74, 6) is 0.549. The number of anilines is 1. The largest absolute Gasteiger partial charge is 0.368 e. The van der Waals surface area contributed by atoms with Crippen molar-refractivity contribution >= 4 is 11.7 Å². The first-order valence-corrected chi connectivity index (χ1v) is 7.91. The average molecular weight is 305 g/mol. The molecule has 2 heterocycles. The number of nitrogens with zero attached hydrogens (tertiary/aromatic N) is 3. The number of likely N-dealkylation sites (tertiary alicyclic amines) is 1. The number of piperidine rings is 1. The second-order valence-corrected chi connectivity index (χ2v) is 5.94. The Balaban J connectivity index is 1.79. The number of nitrogens with one attached hydrogen (secondary N) is 2. The van der Waals surface area contributed by atoms with E-state index in [9.17, 15) is 4.79 Å². The van der Waals surface area contributed by atoms with E-state index in [2.05, 4.69) is 39.5 Å². The third-order valence-electron chi connectivity index (χ3n) is 4.29. The first kappa shape index (κ1) is 16.7. The molecular formula is C16H27N5O. The molecule has 1 aromatic heterocycles. The molecule has 22 heavy (non-hydrogen) atoms. The number of rotatable bonds is 6. The monoisotopic (exact) mass is 305 g/mol. The van der Waals surface area contributed by atoms with Crippen molar-refractivity contribution in [2.75, 3.05) is 52.6 Å². The molecule has 2 N–H and O–H groups in total. The number of amides is 1. The predicted molar refractivity (Wildman–Crippen MR) is 89.3 cm³/mol. The van der Waals surface area contributed by atoms with Gasteiger partial charge in [-0.2, -0.15) is 0 Å². The Morgan fingerprint density at radius 3 is 2.77 bits per heavy atom. The standard InChI is InChI=1S/C16H27N5O/c1-17-16(22)14-5-4-8-18-15(14)19-9-12-21-10-6-13(7-11-21)20(2)3/h4-5,8,13H,6-7,9-12H2,1-3H3,(H,17,22)(H,18,19). The van der Waals surface area contributed by atoms with Gasteiger partial charge in [-0.3, -0.25) is 4.79 Å². The van der Waals surface area contributed by atoms with E-state index < -0.39 is 0 Å². The van der Waals surface area contributed by atoms with Gasteiger partial charge in [-0.15, -0.1) is 0 Å². The molecule has 0 saturated carbocycles. The summed E-state index contributed by atoms with van der Waals surface area (Å²) in [6.45, 7) is 4.04. The van der Waals surface area contributed by atoms with Gasteiger partial charge in [0.25, 0.3) is 5.91 Å². The van der Waals surface area contributed by atoms with Crippen LogP contribution in [0.15, 0.2) is 18.3 Å². The van der Waals surface area contributed by atoms with Crippen molar-refractivity contribution in [2.24, 2.45) is 0 Å². The third kappa shape index (κ3) is 4.42. The molecule has 0 aromatic carbocycles. The Morgan fingerprint density at radius 1 is 1.41 bits per heavy atom. The number of hydrogen-bond acceptors (Lipinski definition) is 5. The first-order valence-electron chi connectivity index (χ1n) is 7.91. The highest BCUT2D eigenvalue weighted by atomic mass is 16.1. The second-order valence-electron chi connectivity index (χ2n) is 5.94. The lowest BCUT2D eigenvalue weighted by atomic mass is 10.0. The molecule has 0 aliphatic carbocycles. The van der Waals surface area contributed by atoms with E-state index in [1.54, 1.807) is 25.4 Å². The minimum Gasteiger partial charge on any atom is -0.368 e. The number of aromatic nitrogens is 1. The summed E-state index contributed by atoms with van der Waals surface area (Å²) < 4.78 is 0. The maximum atomic E-state index is 11.8. The lowest BCUT2D eigenvalue weighted by molar-refractivity contribution is 0.0963. The van der Waals surface area contributed by atoms with Crippen LogP contribution in [0.25, 0.3) is 0 Å². The van der Waals surface area contributed by atoms with Gasteiger partial charge in [-0.25, -0.2) is 4.98 Å². The molecule has 1 aliphatic heterocycles.